The van der Waals surface area contributed by atoms with E-state index in [1.807, 2.05) is 37.3 Å². The number of ether oxygens (including phenoxy) is 3. The Hall–Kier alpha value is -2.35. The summed E-state index contributed by atoms with van der Waals surface area (Å²) >= 11 is 2.22. The van der Waals surface area contributed by atoms with Crippen molar-refractivity contribution in [2.24, 2.45) is 4.99 Å². The van der Waals surface area contributed by atoms with Crippen LogP contribution in [0.1, 0.15) is 25.0 Å². The van der Waals surface area contributed by atoms with E-state index in [0.29, 0.717) is 30.6 Å². The van der Waals surface area contributed by atoms with E-state index in [1.54, 1.807) is 13.0 Å². The second-order valence-electron chi connectivity index (χ2n) is 5.90. The minimum atomic E-state index is -0.441. The first kappa shape index (κ1) is 19.4. The Labute approximate surface area is 172 Å². The molecule has 2 aromatic rings. The highest BCUT2D eigenvalue weighted by Gasteiger charge is 2.20. The minimum absolute atomic E-state index is 0.281. The van der Waals surface area contributed by atoms with Crippen molar-refractivity contribution in [3.05, 3.63) is 62.9 Å². The number of aliphatic imine (C=N–C) groups is 1. The van der Waals surface area contributed by atoms with Gasteiger partial charge in [-0.2, -0.15) is 0 Å². The molecule has 1 heterocycles. The molecule has 6 heteroatoms. The second kappa shape index (κ2) is 9.03. The van der Waals surface area contributed by atoms with Gasteiger partial charge < -0.3 is 14.2 Å². The number of carbonyl (C=O) groups is 1. The van der Waals surface area contributed by atoms with Gasteiger partial charge in [-0.25, -0.2) is 9.79 Å². The summed E-state index contributed by atoms with van der Waals surface area (Å²) in [4.78, 5) is 15.9. The number of rotatable bonds is 7. The molecule has 3 rings (SSSR count). The average Bonchev–Trinajstić information content (AvgIpc) is 2.95. The van der Waals surface area contributed by atoms with Gasteiger partial charge in [-0.05, 0) is 58.9 Å². The predicted molar refractivity (Wildman–Crippen MR) is 113 cm³/mol. The van der Waals surface area contributed by atoms with Crippen molar-refractivity contribution >= 4 is 40.5 Å². The van der Waals surface area contributed by atoms with Gasteiger partial charge in [0.2, 0.25) is 0 Å². The molecule has 0 bridgehead atoms. The summed E-state index contributed by atoms with van der Waals surface area (Å²) in [6.07, 6.45) is 2.51. The summed E-state index contributed by atoms with van der Waals surface area (Å²) in [5, 5.41) is 0. The fraction of sp³-hybridized carbons (Fsp3) is 0.238. The third kappa shape index (κ3) is 5.09. The summed E-state index contributed by atoms with van der Waals surface area (Å²) in [6.45, 7) is 4.65. The number of hydrogen-bond donors (Lipinski definition) is 0. The molecular weight excluding hydrogens is 457 g/mol. The molecule has 2 aromatic carbocycles. The standard InChI is InChI=1S/C21H20INO4/c1-3-25-19-13-16(12-18-21(24)27-14(2)23-18)11-17(22)20(19)26-10-9-15-7-5-4-6-8-15/h4-8,11-13H,3,9-10H2,1-2H3/b18-12+. The highest BCUT2D eigenvalue weighted by atomic mass is 127. The molecule has 1 aliphatic heterocycles. The smallest absolute Gasteiger partial charge is 0.363 e. The van der Waals surface area contributed by atoms with Gasteiger partial charge in [-0.1, -0.05) is 30.3 Å². The van der Waals surface area contributed by atoms with Crippen molar-refractivity contribution in [1.82, 2.24) is 0 Å². The van der Waals surface area contributed by atoms with E-state index in [-0.39, 0.29) is 5.70 Å². The van der Waals surface area contributed by atoms with Crippen LogP contribution in [0.4, 0.5) is 0 Å². The summed E-state index contributed by atoms with van der Waals surface area (Å²) in [7, 11) is 0. The fourth-order valence-corrected chi connectivity index (χ4v) is 3.44. The molecule has 140 valence electrons. The molecule has 0 N–H and O–H groups in total. The average molecular weight is 477 g/mol. The molecule has 0 fully saturated rings. The summed E-state index contributed by atoms with van der Waals surface area (Å²) in [5.41, 5.74) is 2.31. The Morgan fingerprint density at radius 1 is 1.19 bits per heavy atom. The van der Waals surface area contributed by atoms with Crippen LogP contribution in [-0.4, -0.2) is 25.1 Å². The second-order valence-corrected chi connectivity index (χ2v) is 7.06. The molecule has 0 amide bonds. The zero-order valence-electron chi connectivity index (χ0n) is 15.2. The van der Waals surface area contributed by atoms with Gasteiger partial charge in [0.15, 0.2) is 23.1 Å². The third-order valence-electron chi connectivity index (χ3n) is 3.84. The normalized spacial score (nSPS) is 14.9. The first-order valence-corrected chi connectivity index (χ1v) is 9.77. The Balaban J connectivity index is 1.80. The van der Waals surface area contributed by atoms with Crippen LogP contribution in [0.25, 0.3) is 6.08 Å². The molecule has 0 radical (unpaired) electrons. The largest absolute Gasteiger partial charge is 0.490 e. The van der Waals surface area contributed by atoms with E-state index in [4.69, 9.17) is 14.2 Å². The monoisotopic (exact) mass is 477 g/mol. The molecule has 0 saturated heterocycles. The summed E-state index contributed by atoms with van der Waals surface area (Å²) < 4.78 is 17.6. The van der Waals surface area contributed by atoms with Crippen LogP contribution in [0, 0.1) is 3.57 Å². The van der Waals surface area contributed by atoms with Crippen LogP contribution in [0.2, 0.25) is 0 Å². The zero-order valence-corrected chi connectivity index (χ0v) is 17.4. The SMILES string of the molecule is CCOc1cc(/C=C2/N=C(C)OC2=O)cc(I)c1OCCc1ccccc1. The van der Waals surface area contributed by atoms with E-state index in [1.165, 1.54) is 5.56 Å². The number of hydrogen-bond acceptors (Lipinski definition) is 5. The van der Waals surface area contributed by atoms with E-state index in [0.717, 1.165) is 15.6 Å². The van der Waals surface area contributed by atoms with Gasteiger partial charge in [-0.3, -0.25) is 0 Å². The Kier molecular flexibility index (Phi) is 6.49. The van der Waals surface area contributed by atoms with Crippen LogP contribution < -0.4 is 9.47 Å². The number of cyclic esters (lactones) is 1. The van der Waals surface area contributed by atoms with Crippen LogP contribution in [0.3, 0.4) is 0 Å². The van der Waals surface area contributed by atoms with Gasteiger partial charge >= 0.3 is 5.97 Å². The van der Waals surface area contributed by atoms with E-state index in [9.17, 15) is 4.79 Å². The molecule has 1 aliphatic rings. The van der Waals surface area contributed by atoms with Gasteiger partial charge in [0.05, 0.1) is 16.8 Å². The number of carbonyl (C=O) groups excluding carboxylic acids is 1. The molecule has 0 saturated carbocycles. The maximum atomic E-state index is 11.8. The van der Waals surface area contributed by atoms with Crippen molar-refractivity contribution in [2.45, 2.75) is 20.3 Å². The zero-order chi connectivity index (χ0) is 19.2. The molecule has 0 aromatic heterocycles. The van der Waals surface area contributed by atoms with Crippen LogP contribution in [0.5, 0.6) is 11.5 Å². The van der Waals surface area contributed by atoms with Crippen molar-refractivity contribution in [3.8, 4) is 11.5 Å². The number of esters is 1. The number of benzene rings is 2. The predicted octanol–water partition coefficient (Wildman–Crippen LogP) is 4.63. The summed E-state index contributed by atoms with van der Waals surface area (Å²) in [5.74, 6) is 1.27. The molecule has 0 atom stereocenters. The van der Waals surface area contributed by atoms with Crippen LogP contribution in [0.15, 0.2) is 53.2 Å². The molecular formula is C21H20INO4. The number of nitrogens with zero attached hydrogens (tertiary/aromatic N) is 1. The van der Waals surface area contributed by atoms with Crippen molar-refractivity contribution < 1.29 is 19.0 Å². The van der Waals surface area contributed by atoms with Gasteiger partial charge in [0, 0.05) is 13.3 Å². The lowest BCUT2D eigenvalue weighted by Crippen LogP contribution is -2.05. The lowest BCUT2D eigenvalue weighted by atomic mass is 10.1. The number of halogens is 1. The Bertz CT molecular complexity index is 891. The van der Waals surface area contributed by atoms with Crippen molar-refractivity contribution in [3.63, 3.8) is 0 Å². The highest BCUT2D eigenvalue weighted by molar-refractivity contribution is 14.1. The van der Waals surface area contributed by atoms with Gasteiger partial charge in [0.1, 0.15) is 0 Å². The lowest BCUT2D eigenvalue weighted by molar-refractivity contribution is -0.130. The molecule has 27 heavy (non-hydrogen) atoms. The Morgan fingerprint density at radius 3 is 2.63 bits per heavy atom. The topological polar surface area (TPSA) is 57.1 Å². The van der Waals surface area contributed by atoms with Crippen molar-refractivity contribution in [1.29, 1.82) is 0 Å². The fourth-order valence-electron chi connectivity index (χ4n) is 2.66. The lowest BCUT2D eigenvalue weighted by Gasteiger charge is -2.15. The highest BCUT2D eigenvalue weighted by Crippen LogP contribution is 2.35. The van der Waals surface area contributed by atoms with E-state index in [2.05, 4.69) is 39.7 Å². The van der Waals surface area contributed by atoms with Crippen LogP contribution >= 0.6 is 22.6 Å². The summed E-state index contributed by atoms with van der Waals surface area (Å²) in [6, 6.07) is 14.0. The quantitative estimate of drug-likeness (QED) is 0.332. The van der Waals surface area contributed by atoms with Gasteiger partial charge in [-0.15, -0.1) is 0 Å². The Morgan fingerprint density at radius 2 is 1.96 bits per heavy atom. The molecule has 5 nitrogen and oxygen atoms in total. The molecule has 0 unspecified atom stereocenters. The first-order valence-electron chi connectivity index (χ1n) is 8.69. The molecule has 0 spiro atoms. The molecule has 0 aliphatic carbocycles. The third-order valence-corrected chi connectivity index (χ3v) is 4.64. The van der Waals surface area contributed by atoms with E-state index < -0.39 is 5.97 Å². The minimum Gasteiger partial charge on any atom is -0.490 e. The maximum absolute atomic E-state index is 11.8. The maximum Gasteiger partial charge on any atom is 0.363 e. The first-order chi connectivity index (χ1) is 13.1. The van der Waals surface area contributed by atoms with Gasteiger partial charge in [0.25, 0.3) is 0 Å². The van der Waals surface area contributed by atoms with E-state index >= 15 is 0 Å². The van der Waals surface area contributed by atoms with Crippen molar-refractivity contribution in [2.75, 3.05) is 13.2 Å². The van der Waals surface area contributed by atoms with Crippen LogP contribution in [-0.2, 0) is 16.0 Å².